The van der Waals surface area contributed by atoms with Crippen LogP contribution in [0.1, 0.15) is 32.7 Å². The second-order valence-corrected chi connectivity index (χ2v) is 6.11. The van der Waals surface area contributed by atoms with Gasteiger partial charge in [0.2, 0.25) is 5.95 Å². The third-order valence-electron chi connectivity index (χ3n) is 2.92. The van der Waals surface area contributed by atoms with Gasteiger partial charge in [-0.3, -0.25) is 4.21 Å². The summed E-state index contributed by atoms with van der Waals surface area (Å²) < 4.78 is 18.5. The van der Waals surface area contributed by atoms with E-state index < -0.39 is 10.8 Å². The molecule has 0 spiro atoms. The first-order chi connectivity index (χ1) is 9.15. The first-order valence-corrected chi connectivity index (χ1v) is 8.52. The van der Waals surface area contributed by atoms with Gasteiger partial charge in [-0.05, 0) is 26.7 Å². The summed E-state index contributed by atoms with van der Waals surface area (Å²) in [6.07, 6.45) is 7.37. The highest BCUT2D eigenvalue weighted by Gasteiger charge is 2.10. The molecule has 5 nitrogen and oxygen atoms in total. The zero-order valence-corrected chi connectivity index (χ0v) is 12.9. The van der Waals surface area contributed by atoms with Crippen LogP contribution >= 0.6 is 0 Å². The van der Waals surface area contributed by atoms with Crippen LogP contribution in [0.25, 0.3) is 0 Å². The van der Waals surface area contributed by atoms with E-state index in [4.69, 9.17) is 4.74 Å². The summed E-state index contributed by atoms with van der Waals surface area (Å²) in [6, 6.07) is 0.306. The van der Waals surface area contributed by atoms with E-state index in [0.717, 1.165) is 44.3 Å². The molecule has 1 aromatic rings. The summed E-state index contributed by atoms with van der Waals surface area (Å²) in [5.74, 6) is 1.61. The van der Waals surface area contributed by atoms with E-state index in [1.165, 1.54) is 0 Å². The first-order valence-electron chi connectivity index (χ1n) is 6.79. The molecule has 0 amide bonds. The normalized spacial score (nSPS) is 14.3. The maximum absolute atomic E-state index is 11.1. The molecule has 0 saturated heterocycles. The Balaban J connectivity index is 2.38. The highest BCUT2D eigenvalue weighted by molar-refractivity contribution is 7.84. The van der Waals surface area contributed by atoms with Crippen LogP contribution in [0.4, 0.5) is 5.95 Å². The lowest BCUT2D eigenvalue weighted by Crippen LogP contribution is -2.14. The lowest BCUT2D eigenvalue weighted by atomic mass is 10.2. The molecule has 1 rings (SSSR count). The number of hydrogen-bond acceptors (Lipinski definition) is 4. The monoisotopic (exact) mass is 287 g/mol. The summed E-state index contributed by atoms with van der Waals surface area (Å²) in [7, 11) is -0.734. The number of imidazole rings is 1. The molecule has 19 heavy (non-hydrogen) atoms. The van der Waals surface area contributed by atoms with Crippen LogP contribution in [0, 0.1) is 0 Å². The van der Waals surface area contributed by atoms with Crippen LogP contribution in [-0.2, 0) is 15.5 Å². The van der Waals surface area contributed by atoms with Crippen LogP contribution in [0.3, 0.4) is 0 Å². The van der Waals surface area contributed by atoms with E-state index in [0.29, 0.717) is 6.04 Å². The fraction of sp³-hybridized carbons (Fsp3) is 0.769. The van der Waals surface area contributed by atoms with Gasteiger partial charge in [-0.2, -0.15) is 0 Å². The second-order valence-electron chi connectivity index (χ2n) is 4.55. The lowest BCUT2D eigenvalue weighted by molar-refractivity contribution is 0.147. The molecule has 0 aliphatic rings. The zero-order chi connectivity index (χ0) is 14.1. The van der Waals surface area contributed by atoms with Gasteiger partial charge in [0.05, 0.1) is 0 Å². The van der Waals surface area contributed by atoms with Gasteiger partial charge >= 0.3 is 0 Å². The molecule has 1 heterocycles. The molecule has 0 aromatic carbocycles. The Bertz CT molecular complexity index is 382. The Hall–Kier alpha value is -0.880. The minimum absolute atomic E-state index is 0.306. The van der Waals surface area contributed by atoms with Crippen molar-refractivity contribution in [2.24, 2.45) is 0 Å². The van der Waals surface area contributed by atoms with Crippen LogP contribution in [0.15, 0.2) is 12.4 Å². The molecule has 0 aliphatic heterocycles. The van der Waals surface area contributed by atoms with Gasteiger partial charge in [-0.1, -0.05) is 0 Å². The van der Waals surface area contributed by atoms with Crippen LogP contribution in [-0.4, -0.2) is 45.5 Å². The Kier molecular flexibility index (Phi) is 7.74. The van der Waals surface area contributed by atoms with Crippen LogP contribution in [0.2, 0.25) is 0 Å². The number of ether oxygens (including phenoxy) is 1. The molecule has 6 heteroatoms. The number of anilines is 1. The molecule has 1 aromatic heterocycles. The van der Waals surface area contributed by atoms with Gasteiger partial charge in [0.1, 0.15) is 0 Å². The van der Waals surface area contributed by atoms with E-state index >= 15 is 0 Å². The number of nitrogens with zero attached hydrogens (tertiary/aromatic N) is 2. The smallest absolute Gasteiger partial charge is 0.203 e. The van der Waals surface area contributed by atoms with Gasteiger partial charge in [0.25, 0.3) is 0 Å². The van der Waals surface area contributed by atoms with E-state index in [2.05, 4.69) is 21.8 Å². The lowest BCUT2D eigenvalue weighted by Gasteiger charge is -2.16. The van der Waals surface area contributed by atoms with Crippen molar-refractivity contribution in [1.82, 2.24) is 9.55 Å². The van der Waals surface area contributed by atoms with E-state index in [9.17, 15) is 4.21 Å². The van der Waals surface area contributed by atoms with E-state index in [1.807, 2.05) is 13.1 Å². The maximum atomic E-state index is 11.1. The van der Waals surface area contributed by atoms with Crippen LogP contribution < -0.4 is 5.32 Å². The molecule has 2 atom stereocenters. The number of hydrogen-bond donors (Lipinski definition) is 1. The van der Waals surface area contributed by atoms with Crippen molar-refractivity contribution in [2.75, 3.05) is 37.1 Å². The van der Waals surface area contributed by atoms with Crippen LogP contribution in [0.5, 0.6) is 0 Å². The summed E-state index contributed by atoms with van der Waals surface area (Å²) >= 11 is 0. The van der Waals surface area contributed by atoms with Crippen molar-refractivity contribution in [1.29, 1.82) is 0 Å². The van der Waals surface area contributed by atoms with Crippen molar-refractivity contribution in [2.45, 2.75) is 32.7 Å². The standard InChI is InChI=1S/C13H25N3O2S/c1-4-18-10-5-7-14-13-15-8-9-16(13)12(2)6-11-19(3)17/h8-9,12H,4-7,10-11H2,1-3H3,(H,14,15). The molecule has 2 unspecified atom stereocenters. The van der Waals surface area contributed by atoms with Crippen molar-refractivity contribution >= 4 is 16.7 Å². The van der Waals surface area contributed by atoms with Crippen molar-refractivity contribution in [3.8, 4) is 0 Å². The average molecular weight is 287 g/mol. The Morgan fingerprint density at radius 3 is 3.05 bits per heavy atom. The maximum Gasteiger partial charge on any atom is 0.203 e. The minimum atomic E-state index is -0.734. The predicted octanol–water partition coefficient (Wildman–Crippen LogP) is 2.05. The van der Waals surface area contributed by atoms with Crippen molar-refractivity contribution < 1.29 is 8.95 Å². The third-order valence-corrected chi connectivity index (χ3v) is 3.73. The van der Waals surface area contributed by atoms with Crippen molar-refractivity contribution in [3.63, 3.8) is 0 Å². The Labute approximate surface area is 118 Å². The molecule has 0 aliphatic carbocycles. The van der Waals surface area contributed by atoms with Gasteiger partial charge in [-0.15, -0.1) is 0 Å². The summed E-state index contributed by atoms with van der Waals surface area (Å²) in [5, 5.41) is 3.32. The number of rotatable bonds is 10. The molecule has 110 valence electrons. The fourth-order valence-corrected chi connectivity index (χ4v) is 2.47. The quantitative estimate of drug-likeness (QED) is 0.669. The zero-order valence-electron chi connectivity index (χ0n) is 12.1. The molecular formula is C13H25N3O2S. The largest absolute Gasteiger partial charge is 0.382 e. The highest BCUT2D eigenvalue weighted by atomic mass is 32.2. The number of nitrogens with one attached hydrogen (secondary N) is 1. The van der Waals surface area contributed by atoms with Gasteiger partial charge in [0, 0.05) is 61.0 Å². The highest BCUT2D eigenvalue weighted by Crippen LogP contribution is 2.16. The molecule has 1 N–H and O–H groups in total. The van der Waals surface area contributed by atoms with Gasteiger partial charge in [0.15, 0.2) is 0 Å². The predicted molar refractivity (Wildman–Crippen MR) is 80.1 cm³/mol. The number of aromatic nitrogens is 2. The Morgan fingerprint density at radius 2 is 2.37 bits per heavy atom. The minimum Gasteiger partial charge on any atom is -0.382 e. The molecule has 0 fully saturated rings. The topological polar surface area (TPSA) is 56.1 Å². The average Bonchev–Trinajstić information content (AvgIpc) is 2.84. The van der Waals surface area contributed by atoms with Gasteiger partial charge < -0.3 is 14.6 Å². The molecule has 0 radical (unpaired) electrons. The van der Waals surface area contributed by atoms with E-state index in [1.54, 1.807) is 12.5 Å². The van der Waals surface area contributed by atoms with Crippen molar-refractivity contribution in [3.05, 3.63) is 12.4 Å². The fourth-order valence-electron chi connectivity index (χ4n) is 1.80. The summed E-state index contributed by atoms with van der Waals surface area (Å²) in [4.78, 5) is 4.32. The molecular weight excluding hydrogens is 262 g/mol. The van der Waals surface area contributed by atoms with Gasteiger partial charge in [-0.25, -0.2) is 4.98 Å². The molecule has 0 saturated carbocycles. The first kappa shape index (κ1) is 16.2. The second kappa shape index (κ2) is 9.09. The SMILES string of the molecule is CCOCCCNc1nccn1C(C)CCS(C)=O. The molecule has 0 bridgehead atoms. The third kappa shape index (κ3) is 6.20. The van der Waals surface area contributed by atoms with E-state index in [-0.39, 0.29) is 0 Å². The summed E-state index contributed by atoms with van der Waals surface area (Å²) in [5.41, 5.74) is 0. The Morgan fingerprint density at radius 1 is 1.58 bits per heavy atom. The summed E-state index contributed by atoms with van der Waals surface area (Å²) in [6.45, 7) is 6.51.